The number of nitro benzene ring substituents is 1. The fourth-order valence-electron chi connectivity index (χ4n) is 2.57. The van der Waals surface area contributed by atoms with Crippen molar-refractivity contribution in [2.45, 2.75) is 24.6 Å². The lowest BCUT2D eigenvalue weighted by Crippen LogP contribution is -2.16. The van der Waals surface area contributed by atoms with E-state index in [9.17, 15) is 14.9 Å². The monoisotopic (exact) mass is 387 g/mol. The lowest BCUT2D eigenvalue weighted by atomic mass is 10.1. The Morgan fingerprint density at radius 2 is 2.15 bits per heavy atom. The third kappa shape index (κ3) is 4.03. The van der Waals surface area contributed by atoms with E-state index in [4.69, 9.17) is 0 Å². The van der Waals surface area contributed by atoms with Crippen LogP contribution in [-0.2, 0) is 11.2 Å². The van der Waals surface area contributed by atoms with Gasteiger partial charge >= 0.3 is 0 Å². The van der Waals surface area contributed by atoms with Crippen LogP contribution >= 0.6 is 23.1 Å². The number of aromatic nitrogens is 1. The standard InChI is InChI=1S/C18H17N3O3S2/c1-3-12-6-4-5-11(2)17(12)20-16(22)10-25-18-19-14-8-7-13(21(23)24)9-15(14)26-18/h4-9H,3,10H2,1-2H3,(H,20,22). The molecule has 0 aliphatic heterocycles. The van der Waals surface area contributed by atoms with Crippen molar-refractivity contribution >= 4 is 50.6 Å². The van der Waals surface area contributed by atoms with Crippen molar-refractivity contribution in [3.8, 4) is 0 Å². The molecule has 0 fully saturated rings. The van der Waals surface area contributed by atoms with E-state index in [1.54, 1.807) is 6.07 Å². The Balaban J connectivity index is 1.68. The molecular formula is C18H17N3O3S2. The van der Waals surface area contributed by atoms with Gasteiger partial charge in [-0.3, -0.25) is 14.9 Å². The Hall–Kier alpha value is -2.45. The summed E-state index contributed by atoms with van der Waals surface area (Å²) >= 11 is 2.69. The number of aryl methyl sites for hydroxylation is 2. The molecule has 0 spiro atoms. The number of anilines is 1. The van der Waals surface area contributed by atoms with Crippen molar-refractivity contribution in [3.05, 3.63) is 57.6 Å². The number of nitro groups is 1. The van der Waals surface area contributed by atoms with Crippen LogP contribution in [0.25, 0.3) is 10.2 Å². The van der Waals surface area contributed by atoms with Gasteiger partial charge in [-0.2, -0.15) is 0 Å². The van der Waals surface area contributed by atoms with Gasteiger partial charge in [0.1, 0.15) is 0 Å². The first-order valence-corrected chi connectivity index (χ1v) is 9.84. The normalized spacial score (nSPS) is 10.8. The molecule has 0 unspecified atom stereocenters. The predicted molar refractivity (Wildman–Crippen MR) is 106 cm³/mol. The molecule has 3 aromatic rings. The lowest BCUT2D eigenvalue weighted by molar-refractivity contribution is -0.384. The smallest absolute Gasteiger partial charge is 0.270 e. The van der Waals surface area contributed by atoms with Crippen molar-refractivity contribution in [2.75, 3.05) is 11.1 Å². The minimum Gasteiger partial charge on any atom is -0.325 e. The molecule has 1 N–H and O–H groups in total. The van der Waals surface area contributed by atoms with Crippen LogP contribution in [0.2, 0.25) is 0 Å². The molecule has 1 aromatic heterocycles. The molecule has 2 aromatic carbocycles. The maximum Gasteiger partial charge on any atom is 0.270 e. The molecule has 0 aliphatic carbocycles. The zero-order valence-corrected chi connectivity index (χ0v) is 15.9. The van der Waals surface area contributed by atoms with Gasteiger partial charge in [0.15, 0.2) is 4.34 Å². The second-order valence-electron chi connectivity index (χ2n) is 5.69. The molecule has 1 heterocycles. The van der Waals surface area contributed by atoms with Crippen molar-refractivity contribution in [1.29, 1.82) is 0 Å². The van der Waals surface area contributed by atoms with E-state index in [2.05, 4.69) is 17.2 Å². The summed E-state index contributed by atoms with van der Waals surface area (Å²) in [6.45, 7) is 4.03. The molecule has 6 nitrogen and oxygen atoms in total. The second kappa shape index (κ2) is 7.84. The number of amides is 1. The van der Waals surface area contributed by atoms with Gasteiger partial charge in [0.2, 0.25) is 5.91 Å². The number of thioether (sulfide) groups is 1. The number of carbonyl (C=O) groups excluding carboxylic acids is 1. The molecule has 0 radical (unpaired) electrons. The molecule has 8 heteroatoms. The van der Waals surface area contributed by atoms with E-state index < -0.39 is 4.92 Å². The van der Waals surface area contributed by atoms with Crippen LogP contribution in [0.1, 0.15) is 18.1 Å². The highest BCUT2D eigenvalue weighted by atomic mass is 32.2. The van der Waals surface area contributed by atoms with Crippen LogP contribution in [0.3, 0.4) is 0 Å². The molecular weight excluding hydrogens is 370 g/mol. The molecule has 0 bridgehead atoms. The minimum atomic E-state index is -0.424. The Morgan fingerprint density at radius 1 is 1.35 bits per heavy atom. The fourth-order valence-corrected chi connectivity index (χ4v) is 4.47. The van der Waals surface area contributed by atoms with E-state index in [-0.39, 0.29) is 17.3 Å². The first-order chi connectivity index (χ1) is 12.5. The molecule has 0 aliphatic rings. The van der Waals surface area contributed by atoms with Crippen LogP contribution < -0.4 is 5.32 Å². The number of hydrogen-bond acceptors (Lipinski definition) is 6. The fraction of sp³-hybridized carbons (Fsp3) is 0.222. The summed E-state index contributed by atoms with van der Waals surface area (Å²) in [7, 11) is 0. The Morgan fingerprint density at radius 3 is 2.88 bits per heavy atom. The largest absolute Gasteiger partial charge is 0.325 e. The number of benzene rings is 2. The van der Waals surface area contributed by atoms with Crippen LogP contribution in [0, 0.1) is 17.0 Å². The van der Waals surface area contributed by atoms with Gasteiger partial charge in [-0.25, -0.2) is 4.98 Å². The molecule has 0 saturated carbocycles. The zero-order chi connectivity index (χ0) is 18.7. The number of carbonyl (C=O) groups is 1. The van der Waals surface area contributed by atoms with Gasteiger partial charge in [0.25, 0.3) is 5.69 Å². The number of hydrogen-bond donors (Lipinski definition) is 1. The summed E-state index contributed by atoms with van der Waals surface area (Å²) in [5, 5.41) is 13.8. The van der Waals surface area contributed by atoms with Crippen molar-refractivity contribution in [2.24, 2.45) is 0 Å². The van der Waals surface area contributed by atoms with E-state index in [0.29, 0.717) is 5.52 Å². The number of fused-ring (bicyclic) bond motifs is 1. The first-order valence-electron chi connectivity index (χ1n) is 8.04. The van der Waals surface area contributed by atoms with E-state index in [1.165, 1.54) is 35.2 Å². The average molecular weight is 387 g/mol. The lowest BCUT2D eigenvalue weighted by Gasteiger charge is -2.12. The van der Waals surface area contributed by atoms with Crippen molar-refractivity contribution in [3.63, 3.8) is 0 Å². The highest BCUT2D eigenvalue weighted by molar-refractivity contribution is 8.01. The summed E-state index contributed by atoms with van der Waals surface area (Å²) in [5.74, 6) is 0.142. The molecule has 134 valence electrons. The SMILES string of the molecule is CCc1cccc(C)c1NC(=O)CSc1nc2ccc([N+](=O)[O-])cc2s1. The topological polar surface area (TPSA) is 85.1 Å². The first kappa shape index (κ1) is 18.3. The molecule has 1 amide bonds. The van der Waals surface area contributed by atoms with Crippen LogP contribution in [0.15, 0.2) is 40.7 Å². The van der Waals surface area contributed by atoms with Gasteiger partial charge in [-0.15, -0.1) is 11.3 Å². The van der Waals surface area contributed by atoms with Gasteiger partial charge in [0.05, 0.1) is 20.9 Å². The zero-order valence-electron chi connectivity index (χ0n) is 14.3. The van der Waals surface area contributed by atoms with Crippen molar-refractivity contribution < 1.29 is 9.72 Å². The minimum absolute atomic E-state index is 0.0436. The van der Waals surface area contributed by atoms with E-state index >= 15 is 0 Å². The Kier molecular flexibility index (Phi) is 5.53. The van der Waals surface area contributed by atoms with Crippen molar-refractivity contribution in [1.82, 2.24) is 4.98 Å². The Bertz CT molecular complexity index is 985. The number of rotatable bonds is 6. The van der Waals surface area contributed by atoms with E-state index in [1.807, 2.05) is 25.1 Å². The maximum absolute atomic E-state index is 12.3. The number of nitrogens with one attached hydrogen (secondary N) is 1. The molecule has 26 heavy (non-hydrogen) atoms. The number of nitrogens with zero attached hydrogens (tertiary/aromatic N) is 2. The third-order valence-electron chi connectivity index (χ3n) is 3.89. The molecule has 0 saturated heterocycles. The summed E-state index contributed by atoms with van der Waals surface area (Å²) in [4.78, 5) is 27.2. The summed E-state index contributed by atoms with van der Waals surface area (Å²) < 4.78 is 1.46. The van der Waals surface area contributed by atoms with Crippen LogP contribution in [0.4, 0.5) is 11.4 Å². The number of thiazole rings is 1. The number of para-hydroxylation sites is 1. The predicted octanol–water partition coefficient (Wildman–Crippen LogP) is 4.81. The quantitative estimate of drug-likeness (QED) is 0.373. The van der Waals surface area contributed by atoms with Gasteiger partial charge < -0.3 is 5.32 Å². The summed E-state index contributed by atoms with van der Waals surface area (Å²) in [6, 6.07) is 10.6. The third-order valence-corrected chi connectivity index (χ3v) is 6.06. The number of non-ortho nitro benzene ring substituents is 1. The van der Waals surface area contributed by atoms with Gasteiger partial charge in [-0.05, 0) is 30.5 Å². The average Bonchev–Trinajstić information content (AvgIpc) is 3.03. The van der Waals surface area contributed by atoms with Crippen LogP contribution in [-0.4, -0.2) is 21.6 Å². The molecule has 3 rings (SSSR count). The second-order valence-corrected chi connectivity index (χ2v) is 7.94. The highest BCUT2D eigenvalue weighted by Crippen LogP contribution is 2.32. The highest BCUT2D eigenvalue weighted by Gasteiger charge is 2.13. The Labute approximate surface area is 158 Å². The molecule has 0 atom stereocenters. The van der Waals surface area contributed by atoms with Gasteiger partial charge in [0, 0.05) is 17.8 Å². The maximum atomic E-state index is 12.3. The van der Waals surface area contributed by atoms with Gasteiger partial charge in [-0.1, -0.05) is 36.9 Å². The van der Waals surface area contributed by atoms with E-state index in [0.717, 1.165) is 32.3 Å². The summed E-state index contributed by atoms with van der Waals surface area (Å²) in [5.41, 5.74) is 3.77. The van der Waals surface area contributed by atoms with Crippen LogP contribution in [0.5, 0.6) is 0 Å². The summed E-state index contributed by atoms with van der Waals surface area (Å²) in [6.07, 6.45) is 0.848.